The van der Waals surface area contributed by atoms with E-state index >= 15 is 0 Å². The molecular weight excluding hydrogens is 441 g/mol. The molecule has 7 nitrogen and oxygen atoms in total. The highest BCUT2D eigenvalue weighted by Crippen LogP contribution is 2.28. The van der Waals surface area contributed by atoms with Gasteiger partial charge < -0.3 is 15.2 Å². The highest BCUT2D eigenvalue weighted by Gasteiger charge is 2.30. The topological polar surface area (TPSA) is 83.4 Å². The number of piperidine rings is 1. The van der Waals surface area contributed by atoms with E-state index in [9.17, 15) is 9.50 Å². The SMILES string of the molecule is COc1ccc2nccc([C@@H](O)CN3CC[C@@H](NCc4ccc5snnc5c4)[C@@H](F)C3)c2c1. The molecule has 3 heterocycles. The standard InChI is InChI=1S/C24H26FN5O2S/c1-32-16-3-4-20-18(11-16)17(6-8-26-20)23(31)14-30-9-7-21(19(25)13-30)27-12-15-2-5-24-22(10-15)28-29-33-24/h2-6,8,10-11,19,21,23,27,31H,7,9,12-14H2,1H3/t19-,21+,23-/m0/s1. The van der Waals surface area contributed by atoms with Crippen LogP contribution in [0.3, 0.4) is 0 Å². The van der Waals surface area contributed by atoms with Gasteiger partial charge in [-0.2, -0.15) is 0 Å². The molecule has 1 fully saturated rings. The van der Waals surface area contributed by atoms with Crippen molar-refractivity contribution >= 4 is 32.7 Å². The van der Waals surface area contributed by atoms with E-state index in [4.69, 9.17) is 4.74 Å². The molecule has 1 aliphatic rings. The highest BCUT2D eigenvalue weighted by molar-refractivity contribution is 7.12. The molecule has 0 radical (unpaired) electrons. The number of halogens is 1. The number of pyridine rings is 1. The molecule has 9 heteroatoms. The van der Waals surface area contributed by atoms with Crippen molar-refractivity contribution in [2.75, 3.05) is 26.7 Å². The number of methoxy groups -OCH3 is 1. The first-order valence-corrected chi connectivity index (χ1v) is 11.8. The van der Waals surface area contributed by atoms with Crippen molar-refractivity contribution in [3.8, 4) is 5.75 Å². The van der Waals surface area contributed by atoms with Gasteiger partial charge in [-0.3, -0.25) is 9.88 Å². The van der Waals surface area contributed by atoms with Gasteiger partial charge in [0.15, 0.2) is 0 Å². The molecule has 1 aliphatic heterocycles. The number of β-amino-alcohol motifs (C(OH)–C–C–N with tert-alkyl or cyclic N) is 1. The number of fused-ring (bicyclic) bond motifs is 2. The molecule has 172 valence electrons. The summed E-state index contributed by atoms with van der Waals surface area (Å²) in [7, 11) is 1.61. The van der Waals surface area contributed by atoms with Crippen LogP contribution in [0.25, 0.3) is 21.1 Å². The molecule has 0 spiro atoms. The number of aliphatic hydroxyl groups excluding tert-OH is 1. The number of rotatable bonds is 7. The Balaban J connectivity index is 1.19. The zero-order chi connectivity index (χ0) is 22.8. The second-order valence-corrected chi connectivity index (χ2v) is 9.21. The van der Waals surface area contributed by atoms with Gasteiger partial charge in [-0.25, -0.2) is 4.39 Å². The molecule has 1 saturated heterocycles. The molecule has 2 aromatic heterocycles. The Hall–Kier alpha value is -2.72. The third kappa shape index (κ3) is 4.81. The summed E-state index contributed by atoms with van der Waals surface area (Å²) in [4.78, 5) is 6.37. The summed E-state index contributed by atoms with van der Waals surface area (Å²) in [5.74, 6) is 0.713. The summed E-state index contributed by atoms with van der Waals surface area (Å²) < 4.78 is 25.3. The second-order valence-electron chi connectivity index (χ2n) is 8.43. The average molecular weight is 468 g/mol. The van der Waals surface area contributed by atoms with Gasteiger partial charge in [0, 0.05) is 37.3 Å². The highest BCUT2D eigenvalue weighted by atomic mass is 32.1. The Morgan fingerprint density at radius 2 is 2.15 bits per heavy atom. The maximum absolute atomic E-state index is 15.0. The summed E-state index contributed by atoms with van der Waals surface area (Å²) >= 11 is 1.37. The first-order valence-electron chi connectivity index (χ1n) is 11.0. The van der Waals surface area contributed by atoms with Crippen LogP contribution in [0.1, 0.15) is 23.7 Å². The first-order chi connectivity index (χ1) is 16.1. The molecule has 0 bridgehead atoms. The van der Waals surface area contributed by atoms with Gasteiger partial charge in [-0.05, 0) is 72.0 Å². The second kappa shape index (κ2) is 9.64. The lowest BCUT2D eigenvalue weighted by Gasteiger charge is -2.36. The van der Waals surface area contributed by atoms with E-state index in [1.165, 1.54) is 11.5 Å². The van der Waals surface area contributed by atoms with Gasteiger partial charge in [-0.1, -0.05) is 10.6 Å². The summed E-state index contributed by atoms with van der Waals surface area (Å²) in [5, 5.41) is 19.3. The summed E-state index contributed by atoms with van der Waals surface area (Å²) in [5.41, 5.74) is 3.52. The smallest absolute Gasteiger partial charge is 0.128 e. The minimum atomic E-state index is -1.01. The maximum atomic E-state index is 15.0. The van der Waals surface area contributed by atoms with E-state index < -0.39 is 12.3 Å². The van der Waals surface area contributed by atoms with Crippen LogP contribution in [-0.2, 0) is 6.54 Å². The number of aliphatic hydroxyl groups is 1. The third-order valence-electron chi connectivity index (χ3n) is 6.28. The predicted octanol–water partition coefficient (Wildman–Crippen LogP) is 3.48. The molecule has 0 saturated carbocycles. The number of ether oxygens (including phenoxy) is 1. The fraction of sp³-hybridized carbons (Fsp3) is 0.375. The first kappa shape index (κ1) is 22.1. The zero-order valence-corrected chi connectivity index (χ0v) is 19.1. The lowest BCUT2D eigenvalue weighted by atomic mass is 9.99. The third-order valence-corrected chi connectivity index (χ3v) is 6.98. The summed E-state index contributed by atoms with van der Waals surface area (Å²) in [6.45, 7) is 1.97. The molecular formula is C24H26FN5O2S. The van der Waals surface area contributed by atoms with Crippen molar-refractivity contribution in [3.05, 3.63) is 59.8 Å². The molecule has 2 N–H and O–H groups in total. The molecule has 2 aromatic carbocycles. The van der Waals surface area contributed by atoms with Gasteiger partial charge in [0.25, 0.3) is 0 Å². The van der Waals surface area contributed by atoms with Gasteiger partial charge in [0.05, 0.1) is 23.4 Å². The Labute approximate surface area is 195 Å². The van der Waals surface area contributed by atoms with Crippen molar-refractivity contribution in [1.29, 1.82) is 0 Å². The van der Waals surface area contributed by atoms with E-state index in [0.717, 1.165) is 38.8 Å². The van der Waals surface area contributed by atoms with Crippen molar-refractivity contribution in [2.24, 2.45) is 0 Å². The fourth-order valence-electron chi connectivity index (χ4n) is 4.46. The van der Waals surface area contributed by atoms with Crippen molar-refractivity contribution in [3.63, 3.8) is 0 Å². The van der Waals surface area contributed by atoms with Crippen LogP contribution < -0.4 is 10.1 Å². The molecule has 0 amide bonds. The fourth-order valence-corrected chi connectivity index (χ4v) is 5.00. The number of alkyl halides is 1. The van der Waals surface area contributed by atoms with Gasteiger partial charge in [0.2, 0.25) is 0 Å². The minimum absolute atomic E-state index is 0.214. The van der Waals surface area contributed by atoms with Gasteiger partial charge >= 0.3 is 0 Å². The number of hydrogen-bond donors (Lipinski definition) is 2. The lowest BCUT2D eigenvalue weighted by molar-refractivity contribution is 0.0571. The van der Waals surface area contributed by atoms with Crippen LogP contribution in [0.4, 0.5) is 4.39 Å². The van der Waals surface area contributed by atoms with Crippen molar-refractivity contribution < 1.29 is 14.2 Å². The van der Waals surface area contributed by atoms with Crippen LogP contribution >= 0.6 is 11.5 Å². The molecule has 0 unspecified atom stereocenters. The molecule has 0 aliphatic carbocycles. The van der Waals surface area contributed by atoms with E-state index in [1.54, 1.807) is 13.3 Å². The Bertz CT molecular complexity index is 1250. The van der Waals surface area contributed by atoms with Crippen LogP contribution in [0, 0.1) is 0 Å². The number of benzene rings is 2. The van der Waals surface area contributed by atoms with Crippen LogP contribution in [0.5, 0.6) is 5.75 Å². The van der Waals surface area contributed by atoms with Crippen LogP contribution in [-0.4, -0.2) is 63.5 Å². The summed E-state index contributed by atoms with van der Waals surface area (Å²) in [6, 6.07) is 13.3. The van der Waals surface area contributed by atoms with Crippen molar-refractivity contribution in [1.82, 2.24) is 24.8 Å². The molecule has 4 aromatic rings. The molecule has 3 atom stereocenters. The lowest BCUT2D eigenvalue weighted by Crippen LogP contribution is -2.51. The Morgan fingerprint density at radius 1 is 1.24 bits per heavy atom. The van der Waals surface area contributed by atoms with E-state index in [0.29, 0.717) is 25.3 Å². The van der Waals surface area contributed by atoms with E-state index in [1.807, 2.05) is 47.4 Å². The Kier molecular flexibility index (Phi) is 6.45. The number of nitrogens with one attached hydrogen (secondary N) is 1. The van der Waals surface area contributed by atoms with Crippen LogP contribution in [0.2, 0.25) is 0 Å². The molecule has 5 rings (SSSR count). The normalized spacial score (nSPS) is 20.3. The quantitative estimate of drug-likeness (QED) is 0.431. The van der Waals surface area contributed by atoms with Gasteiger partial charge in [-0.15, -0.1) is 5.10 Å². The number of hydrogen-bond acceptors (Lipinski definition) is 8. The number of aromatic nitrogens is 3. The minimum Gasteiger partial charge on any atom is -0.497 e. The maximum Gasteiger partial charge on any atom is 0.128 e. The van der Waals surface area contributed by atoms with Gasteiger partial charge in [0.1, 0.15) is 17.4 Å². The summed E-state index contributed by atoms with van der Waals surface area (Å²) in [6.07, 6.45) is 0.627. The van der Waals surface area contributed by atoms with E-state index in [-0.39, 0.29) is 12.6 Å². The monoisotopic (exact) mass is 467 g/mol. The zero-order valence-electron chi connectivity index (χ0n) is 18.3. The van der Waals surface area contributed by atoms with E-state index in [2.05, 4.69) is 19.9 Å². The molecule has 33 heavy (non-hydrogen) atoms. The largest absolute Gasteiger partial charge is 0.497 e. The Morgan fingerprint density at radius 3 is 3.00 bits per heavy atom. The van der Waals surface area contributed by atoms with Crippen molar-refractivity contribution in [2.45, 2.75) is 31.3 Å². The predicted molar refractivity (Wildman–Crippen MR) is 127 cm³/mol. The average Bonchev–Trinajstić information content (AvgIpc) is 3.30. The number of nitrogens with zero attached hydrogens (tertiary/aromatic N) is 4. The van der Waals surface area contributed by atoms with Crippen LogP contribution in [0.15, 0.2) is 48.7 Å². The number of likely N-dealkylation sites (tertiary alicyclic amines) is 1.